The van der Waals surface area contributed by atoms with Gasteiger partial charge in [-0.15, -0.1) is 0 Å². The number of ether oxygens (including phenoxy) is 1. The highest BCUT2D eigenvalue weighted by Gasteiger charge is 2.31. The zero-order chi connectivity index (χ0) is 21.5. The molecule has 0 unspecified atom stereocenters. The van der Waals surface area contributed by atoms with Crippen LogP contribution in [0.5, 0.6) is 11.5 Å². The summed E-state index contributed by atoms with van der Waals surface area (Å²) < 4.78 is 44.2. The molecule has 1 aromatic heterocycles. The normalized spacial score (nSPS) is 13.3. The van der Waals surface area contributed by atoms with E-state index in [0.29, 0.717) is 34.6 Å². The van der Waals surface area contributed by atoms with Crippen LogP contribution < -0.4 is 15.6 Å². The van der Waals surface area contributed by atoms with E-state index < -0.39 is 17.3 Å². The van der Waals surface area contributed by atoms with E-state index in [1.807, 2.05) is 0 Å². The molecule has 2 aromatic carbocycles. The van der Waals surface area contributed by atoms with Gasteiger partial charge in [-0.05, 0) is 48.4 Å². The van der Waals surface area contributed by atoms with Crippen molar-refractivity contribution in [3.8, 4) is 22.8 Å². The number of nitrogens with one attached hydrogen (secondary N) is 2. The number of fused-ring (bicyclic) bond motifs is 1. The number of halogens is 3. The van der Waals surface area contributed by atoms with E-state index in [-0.39, 0.29) is 17.1 Å². The molecule has 154 valence electrons. The Kier molecular flexibility index (Phi) is 4.73. The standard InChI is InChI=1S/C21H16F3N3O3/c1-30-19-8-12(4-7-18(19)28)17-10-14(20(29)27-26-17)15-6-3-11-2-5-13(21(22,23)24)9-16(11)25-15/h2,4-10,25,28H,3H2,1H3,(H,27,29). The predicted molar refractivity (Wildman–Crippen MR) is 105 cm³/mol. The Morgan fingerprint density at radius 1 is 1.13 bits per heavy atom. The first-order chi connectivity index (χ1) is 14.3. The Hall–Kier alpha value is -3.75. The number of methoxy groups -OCH3 is 1. The maximum atomic E-state index is 13.0. The molecule has 4 rings (SSSR count). The van der Waals surface area contributed by atoms with Gasteiger partial charge in [0.1, 0.15) is 0 Å². The molecule has 3 aromatic rings. The lowest BCUT2D eigenvalue weighted by atomic mass is 9.99. The smallest absolute Gasteiger partial charge is 0.416 e. The van der Waals surface area contributed by atoms with Crippen molar-refractivity contribution in [1.29, 1.82) is 0 Å². The lowest BCUT2D eigenvalue weighted by molar-refractivity contribution is -0.137. The first-order valence-corrected chi connectivity index (χ1v) is 8.91. The van der Waals surface area contributed by atoms with Gasteiger partial charge >= 0.3 is 6.18 Å². The summed E-state index contributed by atoms with van der Waals surface area (Å²) in [7, 11) is 1.41. The molecule has 0 aliphatic carbocycles. The van der Waals surface area contributed by atoms with Gasteiger partial charge in [0, 0.05) is 16.9 Å². The summed E-state index contributed by atoms with van der Waals surface area (Å²) in [5.41, 5.74) is 1.34. The molecule has 0 saturated heterocycles. The van der Waals surface area contributed by atoms with Gasteiger partial charge in [-0.3, -0.25) is 4.79 Å². The molecule has 0 spiro atoms. The topological polar surface area (TPSA) is 87.2 Å². The number of phenolic OH excluding ortho intramolecular Hbond substituents is 1. The molecule has 30 heavy (non-hydrogen) atoms. The molecule has 0 fully saturated rings. The van der Waals surface area contributed by atoms with Crippen LogP contribution in [0.3, 0.4) is 0 Å². The summed E-state index contributed by atoms with van der Waals surface area (Å²) in [5.74, 6) is 0.199. The van der Waals surface area contributed by atoms with Crippen LogP contribution in [0.1, 0.15) is 16.7 Å². The van der Waals surface area contributed by atoms with E-state index in [1.165, 1.54) is 25.3 Å². The van der Waals surface area contributed by atoms with Crippen molar-refractivity contribution < 1.29 is 23.0 Å². The quantitative estimate of drug-likeness (QED) is 0.598. The number of alkyl halides is 3. The van der Waals surface area contributed by atoms with Crippen LogP contribution in [-0.4, -0.2) is 22.4 Å². The predicted octanol–water partition coefficient (Wildman–Crippen LogP) is 4.18. The van der Waals surface area contributed by atoms with E-state index in [2.05, 4.69) is 15.5 Å². The summed E-state index contributed by atoms with van der Waals surface area (Å²) in [6.45, 7) is 0. The number of nitrogens with zero attached hydrogens (tertiary/aromatic N) is 1. The van der Waals surface area contributed by atoms with Crippen LogP contribution in [0.2, 0.25) is 0 Å². The van der Waals surface area contributed by atoms with E-state index in [4.69, 9.17) is 4.74 Å². The Morgan fingerprint density at radius 3 is 2.67 bits per heavy atom. The highest BCUT2D eigenvalue weighted by molar-refractivity contribution is 5.82. The zero-order valence-corrected chi connectivity index (χ0v) is 15.7. The van der Waals surface area contributed by atoms with Crippen LogP contribution in [0.15, 0.2) is 53.3 Å². The SMILES string of the molecule is COc1cc(-c2cc(C3=CCc4ccc(C(F)(F)F)cc4N3)c(=O)[nH]n2)ccc1O. The molecular weight excluding hydrogens is 399 g/mol. The van der Waals surface area contributed by atoms with Gasteiger partial charge in [-0.25, -0.2) is 5.10 Å². The van der Waals surface area contributed by atoms with Gasteiger partial charge in [-0.1, -0.05) is 12.1 Å². The second-order valence-electron chi connectivity index (χ2n) is 6.70. The Labute approximate surface area is 168 Å². The highest BCUT2D eigenvalue weighted by Crippen LogP contribution is 2.36. The highest BCUT2D eigenvalue weighted by atomic mass is 19.4. The van der Waals surface area contributed by atoms with Gasteiger partial charge in [0.05, 0.1) is 23.9 Å². The minimum absolute atomic E-state index is 0.0420. The van der Waals surface area contributed by atoms with Crippen molar-refractivity contribution in [2.75, 3.05) is 12.4 Å². The van der Waals surface area contributed by atoms with Crippen LogP contribution >= 0.6 is 0 Å². The first-order valence-electron chi connectivity index (χ1n) is 8.91. The Balaban J connectivity index is 1.71. The second-order valence-corrected chi connectivity index (χ2v) is 6.70. The van der Waals surface area contributed by atoms with Crippen molar-refractivity contribution in [2.45, 2.75) is 12.6 Å². The van der Waals surface area contributed by atoms with E-state index in [0.717, 1.165) is 12.1 Å². The molecule has 0 saturated carbocycles. The lowest BCUT2D eigenvalue weighted by Crippen LogP contribution is -2.19. The summed E-state index contributed by atoms with van der Waals surface area (Å²) in [5, 5.41) is 19.1. The lowest BCUT2D eigenvalue weighted by Gasteiger charge is -2.21. The molecule has 0 bridgehead atoms. The fourth-order valence-electron chi connectivity index (χ4n) is 3.22. The number of anilines is 1. The van der Waals surface area contributed by atoms with E-state index in [9.17, 15) is 23.1 Å². The van der Waals surface area contributed by atoms with Gasteiger partial charge in [0.2, 0.25) is 0 Å². The van der Waals surface area contributed by atoms with Crippen molar-refractivity contribution in [3.63, 3.8) is 0 Å². The maximum Gasteiger partial charge on any atom is 0.416 e. The number of aromatic nitrogens is 2. The molecule has 0 amide bonds. The monoisotopic (exact) mass is 415 g/mol. The number of hydrogen-bond acceptors (Lipinski definition) is 5. The molecule has 9 heteroatoms. The van der Waals surface area contributed by atoms with Gasteiger partial charge < -0.3 is 15.2 Å². The number of H-pyrrole nitrogens is 1. The summed E-state index contributed by atoms with van der Waals surface area (Å²) in [6, 6.07) is 9.63. The third kappa shape index (κ3) is 3.61. The molecule has 1 aliphatic rings. The molecule has 3 N–H and O–H groups in total. The number of benzene rings is 2. The number of aromatic hydroxyl groups is 1. The minimum Gasteiger partial charge on any atom is -0.504 e. The largest absolute Gasteiger partial charge is 0.504 e. The number of hydrogen-bond donors (Lipinski definition) is 3. The van der Waals surface area contributed by atoms with Crippen LogP contribution in [-0.2, 0) is 12.6 Å². The van der Waals surface area contributed by atoms with Crippen LogP contribution in [0.4, 0.5) is 18.9 Å². The van der Waals surface area contributed by atoms with Crippen molar-refractivity contribution in [1.82, 2.24) is 10.2 Å². The van der Waals surface area contributed by atoms with Gasteiger partial charge in [0.25, 0.3) is 5.56 Å². The molecule has 0 radical (unpaired) electrons. The number of phenols is 1. The first kappa shape index (κ1) is 19.6. The summed E-state index contributed by atoms with van der Waals surface area (Å²) >= 11 is 0. The van der Waals surface area contributed by atoms with Crippen molar-refractivity contribution >= 4 is 11.4 Å². The molecule has 0 atom stereocenters. The second kappa shape index (κ2) is 7.25. The van der Waals surface area contributed by atoms with Crippen molar-refractivity contribution in [2.24, 2.45) is 0 Å². The fourth-order valence-corrected chi connectivity index (χ4v) is 3.22. The average Bonchev–Trinajstić information content (AvgIpc) is 2.73. The summed E-state index contributed by atoms with van der Waals surface area (Å²) in [4.78, 5) is 12.4. The van der Waals surface area contributed by atoms with Crippen LogP contribution in [0.25, 0.3) is 17.0 Å². The van der Waals surface area contributed by atoms with E-state index in [1.54, 1.807) is 18.2 Å². The van der Waals surface area contributed by atoms with E-state index >= 15 is 0 Å². The number of rotatable bonds is 3. The Bertz CT molecular complexity index is 1220. The summed E-state index contributed by atoms with van der Waals surface area (Å²) in [6.07, 6.45) is -2.35. The number of allylic oxidation sites excluding steroid dienone is 1. The van der Waals surface area contributed by atoms with Crippen molar-refractivity contribution in [3.05, 3.63) is 75.6 Å². The van der Waals surface area contributed by atoms with Crippen LogP contribution in [0, 0.1) is 0 Å². The molecule has 6 nitrogen and oxygen atoms in total. The number of aromatic amines is 1. The Morgan fingerprint density at radius 2 is 1.93 bits per heavy atom. The third-order valence-electron chi connectivity index (χ3n) is 4.80. The maximum absolute atomic E-state index is 13.0. The molecule has 1 aliphatic heterocycles. The zero-order valence-electron chi connectivity index (χ0n) is 15.7. The molecule has 2 heterocycles. The average molecular weight is 415 g/mol. The third-order valence-corrected chi connectivity index (χ3v) is 4.80. The fraction of sp³-hybridized carbons (Fsp3) is 0.143. The molecular formula is C21H16F3N3O3. The minimum atomic E-state index is -4.46. The van der Waals surface area contributed by atoms with Gasteiger partial charge in [-0.2, -0.15) is 18.3 Å². The van der Waals surface area contributed by atoms with Gasteiger partial charge in [0.15, 0.2) is 11.5 Å².